The number of benzene rings is 1. The number of sulfonamides is 1. The smallest absolute Gasteiger partial charge is 0.256 e. The van der Waals surface area contributed by atoms with Gasteiger partial charge in [-0.25, -0.2) is 18.1 Å². The fourth-order valence-corrected chi connectivity index (χ4v) is 3.76. The third-order valence-corrected chi connectivity index (χ3v) is 5.69. The van der Waals surface area contributed by atoms with E-state index in [4.69, 9.17) is 4.74 Å². The van der Waals surface area contributed by atoms with Crippen LogP contribution in [0.3, 0.4) is 0 Å². The summed E-state index contributed by atoms with van der Waals surface area (Å²) in [5.41, 5.74) is 1.33. The Kier molecular flexibility index (Phi) is 6.04. The van der Waals surface area contributed by atoms with Gasteiger partial charge in [0, 0.05) is 25.2 Å². The monoisotopic (exact) mass is 390 g/mol. The molecule has 9 heteroatoms. The highest BCUT2D eigenvalue weighted by Crippen LogP contribution is 2.17. The molecule has 8 nitrogen and oxygen atoms in total. The van der Waals surface area contributed by atoms with Crippen LogP contribution in [0, 0.1) is 0 Å². The number of rotatable bonds is 6. The topological polar surface area (TPSA) is 101 Å². The number of aromatic nitrogens is 1. The molecule has 1 fully saturated rings. The quantitative estimate of drug-likeness (QED) is 0.775. The van der Waals surface area contributed by atoms with Crippen LogP contribution in [-0.2, 0) is 14.8 Å². The Labute approximate surface area is 158 Å². The van der Waals surface area contributed by atoms with Gasteiger partial charge in [0.15, 0.2) is 0 Å². The maximum absolute atomic E-state index is 12.3. The summed E-state index contributed by atoms with van der Waals surface area (Å²) in [6, 6.07) is 9.40. The number of hydrogen-bond acceptors (Lipinski definition) is 6. The summed E-state index contributed by atoms with van der Waals surface area (Å²) in [6.07, 6.45) is 1.72. The van der Waals surface area contributed by atoms with Crippen LogP contribution in [0.2, 0.25) is 0 Å². The highest BCUT2D eigenvalue weighted by molar-refractivity contribution is 7.89. The van der Waals surface area contributed by atoms with E-state index >= 15 is 0 Å². The average Bonchev–Trinajstić information content (AvgIpc) is 2.69. The van der Waals surface area contributed by atoms with E-state index in [-0.39, 0.29) is 10.8 Å². The zero-order valence-corrected chi connectivity index (χ0v) is 15.8. The number of hydrogen-bond donors (Lipinski definition) is 2. The minimum atomic E-state index is -3.53. The van der Waals surface area contributed by atoms with Gasteiger partial charge in [0.2, 0.25) is 10.0 Å². The second-order valence-electron chi connectivity index (χ2n) is 5.98. The number of amides is 1. The summed E-state index contributed by atoms with van der Waals surface area (Å²) in [7, 11) is -3.53. The SMILES string of the molecule is CCNS(=O)(=O)c1ccc(C(=O)Nc2ccc(N3CCOCC3)cn2)cc1. The minimum Gasteiger partial charge on any atom is -0.378 e. The molecule has 0 radical (unpaired) electrons. The number of anilines is 2. The zero-order valence-electron chi connectivity index (χ0n) is 15.0. The van der Waals surface area contributed by atoms with Crippen molar-refractivity contribution in [2.45, 2.75) is 11.8 Å². The van der Waals surface area contributed by atoms with Crippen molar-refractivity contribution in [3.05, 3.63) is 48.2 Å². The Balaban J connectivity index is 1.64. The molecule has 1 aromatic carbocycles. The Morgan fingerprint density at radius 2 is 1.85 bits per heavy atom. The van der Waals surface area contributed by atoms with E-state index in [9.17, 15) is 13.2 Å². The molecule has 2 aromatic rings. The molecule has 1 aliphatic heterocycles. The number of pyridine rings is 1. The first-order valence-electron chi connectivity index (χ1n) is 8.69. The molecule has 0 bridgehead atoms. The average molecular weight is 390 g/mol. The minimum absolute atomic E-state index is 0.119. The van der Waals surface area contributed by atoms with Gasteiger partial charge in [0.25, 0.3) is 5.91 Å². The first-order valence-corrected chi connectivity index (χ1v) is 10.2. The lowest BCUT2D eigenvalue weighted by molar-refractivity contribution is 0.102. The molecule has 0 aliphatic carbocycles. The molecule has 144 valence electrons. The predicted molar refractivity (Wildman–Crippen MR) is 103 cm³/mol. The Morgan fingerprint density at radius 1 is 1.15 bits per heavy atom. The van der Waals surface area contributed by atoms with Crippen molar-refractivity contribution in [3.63, 3.8) is 0 Å². The number of ether oxygens (including phenoxy) is 1. The first-order chi connectivity index (χ1) is 13.0. The molecular formula is C18H22N4O4S. The van der Waals surface area contributed by atoms with Gasteiger partial charge >= 0.3 is 0 Å². The maximum atomic E-state index is 12.3. The largest absolute Gasteiger partial charge is 0.378 e. The lowest BCUT2D eigenvalue weighted by atomic mass is 10.2. The molecule has 27 heavy (non-hydrogen) atoms. The Hall–Kier alpha value is -2.49. The molecule has 1 aliphatic rings. The van der Waals surface area contributed by atoms with E-state index in [1.165, 1.54) is 24.3 Å². The summed E-state index contributed by atoms with van der Waals surface area (Å²) in [5.74, 6) is 0.0791. The van der Waals surface area contributed by atoms with Crippen LogP contribution in [0.1, 0.15) is 17.3 Å². The number of nitrogens with zero attached hydrogens (tertiary/aromatic N) is 2. The molecular weight excluding hydrogens is 368 g/mol. The van der Waals surface area contributed by atoms with E-state index < -0.39 is 10.0 Å². The van der Waals surface area contributed by atoms with Crippen molar-refractivity contribution >= 4 is 27.4 Å². The van der Waals surface area contributed by atoms with E-state index in [2.05, 4.69) is 19.9 Å². The van der Waals surface area contributed by atoms with Gasteiger partial charge in [-0.3, -0.25) is 4.79 Å². The van der Waals surface area contributed by atoms with Crippen LogP contribution in [0.15, 0.2) is 47.5 Å². The third kappa shape index (κ3) is 4.82. The molecule has 2 N–H and O–H groups in total. The zero-order chi connectivity index (χ0) is 19.3. The van der Waals surface area contributed by atoms with Gasteiger partial charge in [-0.15, -0.1) is 0 Å². The summed E-state index contributed by atoms with van der Waals surface area (Å²) in [4.78, 5) is 18.9. The van der Waals surface area contributed by atoms with Gasteiger partial charge in [-0.1, -0.05) is 6.92 Å². The molecule has 0 saturated carbocycles. The molecule has 0 spiro atoms. The van der Waals surface area contributed by atoms with E-state index in [1.54, 1.807) is 19.2 Å². The van der Waals surface area contributed by atoms with Crippen LogP contribution in [0.25, 0.3) is 0 Å². The molecule has 0 atom stereocenters. The predicted octanol–water partition coefficient (Wildman–Crippen LogP) is 1.47. The number of nitrogens with one attached hydrogen (secondary N) is 2. The molecule has 2 heterocycles. The van der Waals surface area contributed by atoms with E-state index in [0.717, 1.165) is 18.8 Å². The van der Waals surface area contributed by atoms with Gasteiger partial charge in [-0.2, -0.15) is 0 Å². The highest BCUT2D eigenvalue weighted by Gasteiger charge is 2.15. The Morgan fingerprint density at radius 3 is 2.44 bits per heavy atom. The van der Waals surface area contributed by atoms with Crippen molar-refractivity contribution in [1.29, 1.82) is 0 Å². The van der Waals surface area contributed by atoms with E-state index in [0.29, 0.717) is 31.1 Å². The summed E-state index contributed by atoms with van der Waals surface area (Å²) in [6.45, 7) is 5.02. The van der Waals surface area contributed by atoms with Crippen LogP contribution in [-0.4, -0.2) is 52.2 Å². The van der Waals surface area contributed by atoms with Crippen molar-refractivity contribution < 1.29 is 17.9 Å². The Bertz CT molecular complexity index is 877. The van der Waals surface area contributed by atoms with Crippen molar-refractivity contribution in [2.75, 3.05) is 43.1 Å². The summed E-state index contributed by atoms with van der Waals surface area (Å²) < 4.78 is 31.6. The lowest BCUT2D eigenvalue weighted by Gasteiger charge is -2.28. The van der Waals surface area contributed by atoms with Crippen LogP contribution < -0.4 is 14.9 Å². The van der Waals surface area contributed by atoms with Crippen molar-refractivity contribution in [2.24, 2.45) is 0 Å². The number of carbonyl (C=O) groups is 1. The van der Waals surface area contributed by atoms with Crippen LogP contribution in [0.4, 0.5) is 11.5 Å². The van der Waals surface area contributed by atoms with Crippen LogP contribution in [0.5, 0.6) is 0 Å². The van der Waals surface area contributed by atoms with Crippen molar-refractivity contribution in [3.8, 4) is 0 Å². The highest BCUT2D eigenvalue weighted by atomic mass is 32.2. The van der Waals surface area contributed by atoms with Gasteiger partial charge < -0.3 is 15.0 Å². The third-order valence-electron chi connectivity index (χ3n) is 4.13. The van der Waals surface area contributed by atoms with Gasteiger partial charge in [0.05, 0.1) is 30.0 Å². The number of morpholine rings is 1. The molecule has 1 amide bonds. The fourth-order valence-electron chi connectivity index (χ4n) is 2.72. The lowest BCUT2D eigenvalue weighted by Crippen LogP contribution is -2.36. The summed E-state index contributed by atoms with van der Waals surface area (Å²) in [5, 5.41) is 2.71. The van der Waals surface area contributed by atoms with Gasteiger partial charge in [0.1, 0.15) is 5.82 Å². The molecule has 0 unspecified atom stereocenters. The second-order valence-corrected chi connectivity index (χ2v) is 7.75. The number of carbonyl (C=O) groups excluding carboxylic acids is 1. The molecule has 3 rings (SSSR count). The standard InChI is InChI=1S/C18H22N4O4S/c1-2-20-27(24,25)16-6-3-14(4-7-16)18(23)21-17-8-5-15(13-19-17)22-9-11-26-12-10-22/h3-8,13,20H,2,9-12H2,1H3,(H,19,21,23). The second kappa shape index (κ2) is 8.47. The maximum Gasteiger partial charge on any atom is 0.256 e. The molecule has 1 saturated heterocycles. The first kappa shape index (κ1) is 19.3. The molecule has 1 aromatic heterocycles. The fraction of sp³-hybridized carbons (Fsp3) is 0.333. The summed E-state index contributed by atoms with van der Waals surface area (Å²) >= 11 is 0. The van der Waals surface area contributed by atoms with Crippen molar-refractivity contribution in [1.82, 2.24) is 9.71 Å². The van der Waals surface area contributed by atoms with Crippen LogP contribution >= 0.6 is 0 Å². The normalized spacial score (nSPS) is 14.8. The van der Waals surface area contributed by atoms with Gasteiger partial charge in [-0.05, 0) is 36.4 Å². The van der Waals surface area contributed by atoms with E-state index in [1.807, 2.05) is 6.07 Å².